The summed E-state index contributed by atoms with van der Waals surface area (Å²) in [5.41, 5.74) is 0. The van der Waals surface area contributed by atoms with Crippen molar-refractivity contribution in [2.45, 2.75) is 6.92 Å². The fourth-order valence-corrected chi connectivity index (χ4v) is 0.534. The summed E-state index contributed by atoms with van der Waals surface area (Å²) >= 11 is 1.42. The first-order valence-electron chi connectivity index (χ1n) is 1.63. The molecule has 0 unspecified atom stereocenters. The summed E-state index contributed by atoms with van der Waals surface area (Å²) in [6, 6.07) is 0. The van der Waals surface area contributed by atoms with Gasteiger partial charge in [0, 0.05) is 4.88 Å². The van der Waals surface area contributed by atoms with Crippen molar-refractivity contribution in [3.8, 4) is 0 Å². The molecule has 3 heteroatoms. The minimum absolute atomic E-state index is 1.16. The fourth-order valence-electron chi connectivity index (χ4n) is 0.216. The lowest BCUT2D eigenvalue weighted by atomic mass is 10.7. The zero-order valence-corrected chi connectivity index (χ0v) is 4.20. The Morgan fingerprint density at radius 3 is 2.83 bits per heavy atom. The summed E-state index contributed by atoms with van der Waals surface area (Å²) in [7, 11) is 0. The van der Waals surface area contributed by atoms with E-state index in [-0.39, 0.29) is 0 Å². The van der Waals surface area contributed by atoms with Gasteiger partial charge < -0.3 is 0 Å². The molecule has 0 aliphatic rings. The van der Waals surface area contributed by atoms with Gasteiger partial charge in [-0.15, -0.1) is 5.10 Å². The molecule has 0 aliphatic heterocycles. The molecule has 1 rings (SSSR count). The summed E-state index contributed by atoms with van der Waals surface area (Å²) in [5.74, 6) is 0. The van der Waals surface area contributed by atoms with Gasteiger partial charge in [0.15, 0.2) is 0 Å². The molecular weight excluding hydrogens is 96.1 g/mol. The zero-order valence-electron chi connectivity index (χ0n) is 3.38. The van der Waals surface area contributed by atoms with Crippen LogP contribution in [-0.2, 0) is 0 Å². The molecule has 0 N–H and O–H groups in total. The van der Waals surface area contributed by atoms with Gasteiger partial charge in [0.05, 0.1) is 6.20 Å². The number of hydrogen-bond acceptors (Lipinski definition) is 3. The van der Waals surface area contributed by atoms with E-state index in [1.54, 1.807) is 6.20 Å². The lowest BCUT2D eigenvalue weighted by Gasteiger charge is -1.60. The van der Waals surface area contributed by atoms with E-state index in [9.17, 15) is 0 Å². The van der Waals surface area contributed by atoms with Crippen LogP contribution in [0.5, 0.6) is 0 Å². The van der Waals surface area contributed by atoms with E-state index < -0.39 is 0 Å². The topological polar surface area (TPSA) is 25.8 Å². The Morgan fingerprint density at radius 1 is 1.83 bits per heavy atom. The predicted octanol–water partition coefficient (Wildman–Crippen LogP) is 0.847. The first kappa shape index (κ1) is 3.74. The lowest BCUT2D eigenvalue weighted by Crippen LogP contribution is -1.52. The molecule has 0 aromatic carbocycles. The van der Waals surface area contributed by atoms with Crippen LogP contribution in [0.4, 0.5) is 0 Å². The van der Waals surface area contributed by atoms with Crippen molar-refractivity contribution in [1.29, 1.82) is 0 Å². The molecule has 6 heavy (non-hydrogen) atoms. The van der Waals surface area contributed by atoms with Gasteiger partial charge in [-0.3, -0.25) is 0 Å². The summed E-state index contributed by atoms with van der Waals surface area (Å²) in [6.45, 7) is 1.98. The molecule has 32 valence electrons. The molecule has 0 saturated heterocycles. The minimum atomic E-state index is 1.16. The Morgan fingerprint density at radius 2 is 2.67 bits per heavy atom. The van der Waals surface area contributed by atoms with E-state index in [2.05, 4.69) is 9.59 Å². The highest BCUT2D eigenvalue weighted by Gasteiger charge is 1.78. The zero-order chi connectivity index (χ0) is 4.41. The molecule has 1 aromatic rings. The van der Waals surface area contributed by atoms with Crippen molar-refractivity contribution >= 4 is 11.5 Å². The normalized spacial score (nSPS) is 8.83. The first-order valence-corrected chi connectivity index (χ1v) is 2.41. The average Bonchev–Trinajstić information content (AvgIpc) is 1.86. The van der Waals surface area contributed by atoms with Gasteiger partial charge in [0.2, 0.25) is 0 Å². The van der Waals surface area contributed by atoms with Crippen molar-refractivity contribution in [1.82, 2.24) is 9.59 Å². The highest BCUT2D eigenvalue weighted by atomic mass is 32.1. The van der Waals surface area contributed by atoms with Crippen LogP contribution in [0.2, 0.25) is 0 Å². The van der Waals surface area contributed by atoms with Gasteiger partial charge in [-0.25, -0.2) is 0 Å². The van der Waals surface area contributed by atoms with E-state index in [4.69, 9.17) is 0 Å². The highest BCUT2D eigenvalue weighted by molar-refractivity contribution is 7.05. The van der Waals surface area contributed by atoms with Crippen LogP contribution >= 0.6 is 11.5 Å². The number of aryl methyl sites for hydroxylation is 1. The maximum absolute atomic E-state index is 3.61. The molecule has 2 nitrogen and oxygen atoms in total. The van der Waals surface area contributed by atoms with Crippen LogP contribution in [-0.4, -0.2) is 9.59 Å². The Bertz CT molecular complexity index is 112. The second-order valence-electron chi connectivity index (χ2n) is 1.03. The number of nitrogens with zero attached hydrogens (tertiary/aromatic N) is 2. The smallest absolute Gasteiger partial charge is 0.0650 e. The molecule has 0 aliphatic carbocycles. The monoisotopic (exact) mass is 100 g/mol. The van der Waals surface area contributed by atoms with Crippen LogP contribution in [0.15, 0.2) is 6.20 Å². The molecule has 0 spiro atoms. The molecule has 1 heterocycles. The van der Waals surface area contributed by atoms with Gasteiger partial charge >= 0.3 is 0 Å². The molecular formula is C3H4N2S. The van der Waals surface area contributed by atoms with Gasteiger partial charge in [-0.2, -0.15) is 0 Å². The van der Waals surface area contributed by atoms with Gasteiger partial charge in [0.25, 0.3) is 0 Å². The van der Waals surface area contributed by atoms with Gasteiger partial charge in [0.1, 0.15) is 0 Å². The first-order chi connectivity index (χ1) is 2.89. The number of aromatic nitrogens is 2. The number of rotatable bonds is 0. The van der Waals surface area contributed by atoms with Crippen LogP contribution < -0.4 is 0 Å². The van der Waals surface area contributed by atoms with Crippen molar-refractivity contribution in [3.63, 3.8) is 0 Å². The second kappa shape index (κ2) is 1.34. The predicted molar refractivity (Wildman–Crippen MR) is 24.6 cm³/mol. The van der Waals surface area contributed by atoms with E-state index in [1.807, 2.05) is 6.92 Å². The summed E-state index contributed by atoms with van der Waals surface area (Å²) in [6.07, 6.45) is 1.74. The Labute approximate surface area is 40.0 Å². The molecule has 0 atom stereocenters. The largest absolute Gasteiger partial charge is 0.146 e. The average molecular weight is 100 g/mol. The van der Waals surface area contributed by atoms with Crippen LogP contribution in [0.1, 0.15) is 4.88 Å². The quantitative estimate of drug-likeness (QED) is 0.483. The van der Waals surface area contributed by atoms with Crippen molar-refractivity contribution in [2.75, 3.05) is 0 Å². The highest BCUT2D eigenvalue weighted by Crippen LogP contribution is 1.94. The van der Waals surface area contributed by atoms with E-state index in [0.29, 0.717) is 0 Å². The third-order valence-corrected chi connectivity index (χ3v) is 1.04. The Balaban J connectivity index is 3.05. The Kier molecular flexibility index (Phi) is 0.837. The van der Waals surface area contributed by atoms with E-state index in [0.717, 1.165) is 4.88 Å². The molecule has 1 aromatic heterocycles. The molecule has 0 saturated carbocycles. The fraction of sp³-hybridized carbons (Fsp3) is 0.333. The lowest BCUT2D eigenvalue weighted by molar-refractivity contribution is 1.15. The van der Waals surface area contributed by atoms with E-state index >= 15 is 0 Å². The van der Waals surface area contributed by atoms with Crippen molar-refractivity contribution < 1.29 is 0 Å². The van der Waals surface area contributed by atoms with Crippen LogP contribution in [0.25, 0.3) is 0 Å². The van der Waals surface area contributed by atoms with Gasteiger partial charge in [-0.05, 0) is 18.5 Å². The van der Waals surface area contributed by atoms with Gasteiger partial charge in [-0.1, -0.05) is 4.49 Å². The standard InChI is InChI=1S/C3H4N2S/c1-3-2-4-5-6-3/h2H,1H3. The SMILES string of the molecule is Cc1cnns1. The summed E-state index contributed by atoms with van der Waals surface area (Å²) in [4.78, 5) is 1.16. The molecule has 0 bridgehead atoms. The van der Waals surface area contributed by atoms with Crippen LogP contribution in [0.3, 0.4) is 0 Å². The van der Waals surface area contributed by atoms with E-state index in [1.165, 1.54) is 11.5 Å². The van der Waals surface area contributed by atoms with Crippen LogP contribution in [0, 0.1) is 6.92 Å². The Hall–Kier alpha value is -0.440. The molecule has 0 radical (unpaired) electrons. The minimum Gasteiger partial charge on any atom is -0.146 e. The maximum Gasteiger partial charge on any atom is 0.0650 e. The molecule has 0 amide bonds. The summed E-state index contributed by atoms with van der Waals surface area (Å²) in [5, 5.41) is 3.59. The maximum atomic E-state index is 3.61. The van der Waals surface area contributed by atoms with Crippen molar-refractivity contribution in [2.24, 2.45) is 0 Å². The third kappa shape index (κ3) is 0.542. The van der Waals surface area contributed by atoms with Crippen molar-refractivity contribution in [3.05, 3.63) is 11.1 Å². The number of hydrogen-bond donors (Lipinski definition) is 0. The summed E-state index contributed by atoms with van der Waals surface area (Å²) < 4.78 is 3.61. The third-order valence-electron chi connectivity index (χ3n) is 0.471. The molecule has 0 fully saturated rings. The second-order valence-corrected chi connectivity index (χ2v) is 2.02.